The average molecular weight is 366 g/mol. The molecule has 4 aromatic rings. The summed E-state index contributed by atoms with van der Waals surface area (Å²) in [6.45, 7) is 3.40. The van der Waals surface area contributed by atoms with Gasteiger partial charge in [-0.05, 0) is 23.8 Å². The molecule has 0 atom stereocenters. The highest BCUT2D eigenvalue weighted by Crippen LogP contribution is 2.19. The SMILES string of the molecule is Clc1cccc(CN(CCn2ccnc2)Cc2[nH]nc3ccccc23)c1. The van der Waals surface area contributed by atoms with Crippen molar-refractivity contribution in [3.05, 3.63) is 83.5 Å². The van der Waals surface area contributed by atoms with E-state index in [9.17, 15) is 0 Å². The number of imidazole rings is 1. The van der Waals surface area contributed by atoms with Gasteiger partial charge >= 0.3 is 0 Å². The normalized spacial score (nSPS) is 11.5. The van der Waals surface area contributed by atoms with E-state index in [4.69, 9.17) is 11.6 Å². The van der Waals surface area contributed by atoms with Gasteiger partial charge in [-0.1, -0.05) is 41.9 Å². The molecule has 4 rings (SSSR count). The van der Waals surface area contributed by atoms with Crippen molar-refractivity contribution >= 4 is 22.5 Å². The maximum absolute atomic E-state index is 6.16. The van der Waals surface area contributed by atoms with Gasteiger partial charge in [-0.2, -0.15) is 5.10 Å². The van der Waals surface area contributed by atoms with Crippen LogP contribution in [-0.2, 0) is 19.6 Å². The van der Waals surface area contributed by atoms with E-state index < -0.39 is 0 Å². The van der Waals surface area contributed by atoms with Gasteiger partial charge < -0.3 is 4.57 Å². The van der Waals surface area contributed by atoms with E-state index in [1.54, 1.807) is 0 Å². The lowest BCUT2D eigenvalue weighted by molar-refractivity contribution is 0.244. The van der Waals surface area contributed by atoms with E-state index in [2.05, 4.69) is 36.8 Å². The largest absolute Gasteiger partial charge is 0.336 e. The van der Waals surface area contributed by atoms with E-state index >= 15 is 0 Å². The lowest BCUT2D eigenvalue weighted by Gasteiger charge is -2.22. The monoisotopic (exact) mass is 365 g/mol. The smallest absolute Gasteiger partial charge is 0.0946 e. The van der Waals surface area contributed by atoms with Crippen LogP contribution >= 0.6 is 11.6 Å². The highest BCUT2D eigenvalue weighted by atomic mass is 35.5. The number of benzene rings is 2. The number of aromatic amines is 1. The molecular weight excluding hydrogens is 346 g/mol. The molecule has 1 N–H and O–H groups in total. The maximum Gasteiger partial charge on any atom is 0.0946 e. The number of rotatable bonds is 7. The third-order valence-corrected chi connectivity index (χ3v) is 4.69. The van der Waals surface area contributed by atoms with E-state index in [0.717, 1.165) is 42.4 Å². The van der Waals surface area contributed by atoms with E-state index in [1.807, 2.05) is 55.1 Å². The van der Waals surface area contributed by atoms with Crippen LogP contribution in [0, 0.1) is 0 Å². The third kappa shape index (κ3) is 3.95. The standard InChI is InChI=1S/C20H20ClN5/c21-17-5-3-4-16(12-17)13-26(11-10-25-9-8-22-15-25)14-20-18-6-1-2-7-19(18)23-24-20/h1-9,12,15H,10-11,13-14H2,(H,23,24). The average Bonchev–Trinajstić information content (AvgIpc) is 3.30. The van der Waals surface area contributed by atoms with Crippen LogP contribution in [0.5, 0.6) is 0 Å². The first kappa shape index (κ1) is 16.8. The maximum atomic E-state index is 6.16. The first-order chi connectivity index (χ1) is 12.8. The topological polar surface area (TPSA) is 49.7 Å². The number of nitrogens with one attached hydrogen (secondary N) is 1. The molecule has 0 radical (unpaired) electrons. The number of halogens is 1. The zero-order valence-electron chi connectivity index (χ0n) is 14.3. The Bertz CT molecular complexity index is 977. The van der Waals surface area contributed by atoms with E-state index in [1.165, 1.54) is 10.9 Å². The van der Waals surface area contributed by atoms with Gasteiger partial charge in [0.2, 0.25) is 0 Å². The van der Waals surface area contributed by atoms with Crippen molar-refractivity contribution in [3.63, 3.8) is 0 Å². The second-order valence-corrected chi connectivity index (χ2v) is 6.80. The number of fused-ring (bicyclic) bond motifs is 1. The summed E-state index contributed by atoms with van der Waals surface area (Å²) in [4.78, 5) is 6.52. The molecule has 0 saturated heterocycles. The molecule has 2 aromatic carbocycles. The molecule has 0 spiro atoms. The Morgan fingerprint density at radius 1 is 1.08 bits per heavy atom. The van der Waals surface area contributed by atoms with Crippen molar-refractivity contribution in [2.45, 2.75) is 19.6 Å². The molecule has 132 valence electrons. The summed E-state index contributed by atoms with van der Waals surface area (Å²) in [5.41, 5.74) is 3.33. The third-order valence-electron chi connectivity index (χ3n) is 4.45. The second-order valence-electron chi connectivity index (χ2n) is 6.36. The fourth-order valence-electron chi connectivity index (χ4n) is 3.14. The van der Waals surface area contributed by atoms with E-state index in [-0.39, 0.29) is 0 Å². The van der Waals surface area contributed by atoms with Crippen LogP contribution in [0.4, 0.5) is 0 Å². The Balaban J connectivity index is 1.54. The zero-order valence-corrected chi connectivity index (χ0v) is 15.1. The number of para-hydroxylation sites is 1. The van der Waals surface area contributed by atoms with Crippen LogP contribution < -0.4 is 0 Å². The summed E-state index contributed by atoms with van der Waals surface area (Å²) in [6, 6.07) is 16.2. The van der Waals surface area contributed by atoms with Crippen molar-refractivity contribution < 1.29 is 0 Å². The number of H-pyrrole nitrogens is 1. The molecule has 2 aromatic heterocycles. The Morgan fingerprint density at radius 3 is 2.85 bits per heavy atom. The lowest BCUT2D eigenvalue weighted by Crippen LogP contribution is -2.27. The second kappa shape index (κ2) is 7.72. The summed E-state index contributed by atoms with van der Waals surface area (Å²) in [5.74, 6) is 0. The van der Waals surface area contributed by atoms with Crippen LogP contribution in [0.2, 0.25) is 5.02 Å². The first-order valence-corrected chi connectivity index (χ1v) is 9.00. The Labute approximate surface area is 157 Å². The Morgan fingerprint density at radius 2 is 2.00 bits per heavy atom. The molecule has 0 bridgehead atoms. The van der Waals surface area contributed by atoms with E-state index in [0.29, 0.717) is 0 Å². The van der Waals surface area contributed by atoms with Gasteiger partial charge in [0.1, 0.15) is 0 Å². The van der Waals surface area contributed by atoms with Crippen molar-refractivity contribution in [2.75, 3.05) is 6.54 Å². The minimum absolute atomic E-state index is 0.768. The molecule has 0 amide bonds. The fraction of sp³-hybridized carbons (Fsp3) is 0.200. The summed E-state index contributed by atoms with van der Waals surface area (Å²) in [7, 11) is 0. The molecule has 5 nitrogen and oxygen atoms in total. The predicted octanol–water partition coefficient (Wildman–Crippen LogP) is 4.12. The summed E-state index contributed by atoms with van der Waals surface area (Å²) in [6.07, 6.45) is 5.65. The first-order valence-electron chi connectivity index (χ1n) is 8.62. The fourth-order valence-corrected chi connectivity index (χ4v) is 3.35. The molecule has 0 aliphatic rings. The van der Waals surface area contributed by atoms with Gasteiger partial charge in [-0.15, -0.1) is 0 Å². The van der Waals surface area contributed by atoms with Crippen LogP contribution in [0.3, 0.4) is 0 Å². The molecule has 0 saturated carbocycles. The summed E-state index contributed by atoms with van der Waals surface area (Å²) in [5, 5.41) is 9.55. The van der Waals surface area contributed by atoms with Gasteiger partial charge in [-0.25, -0.2) is 4.98 Å². The highest BCUT2D eigenvalue weighted by molar-refractivity contribution is 6.30. The summed E-state index contributed by atoms with van der Waals surface area (Å²) >= 11 is 6.16. The number of hydrogen-bond acceptors (Lipinski definition) is 3. The molecule has 0 fully saturated rings. The van der Waals surface area contributed by atoms with Crippen molar-refractivity contribution in [1.29, 1.82) is 0 Å². The molecule has 6 heteroatoms. The predicted molar refractivity (Wildman–Crippen MR) is 104 cm³/mol. The van der Waals surface area contributed by atoms with Crippen molar-refractivity contribution in [1.82, 2.24) is 24.6 Å². The Kier molecular flexibility index (Phi) is 5.00. The van der Waals surface area contributed by atoms with Crippen LogP contribution in [-0.4, -0.2) is 31.2 Å². The number of nitrogens with zero attached hydrogens (tertiary/aromatic N) is 4. The highest BCUT2D eigenvalue weighted by Gasteiger charge is 2.12. The van der Waals surface area contributed by atoms with Crippen molar-refractivity contribution in [3.8, 4) is 0 Å². The molecule has 0 aliphatic carbocycles. The molecular formula is C20H20ClN5. The van der Waals surface area contributed by atoms with Gasteiger partial charge in [-0.3, -0.25) is 10.00 Å². The van der Waals surface area contributed by atoms with Gasteiger partial charge in [0, 0.05) is 49.0 Å². The number of aromatic nitrogens is 4. The quantitative estimate of drug-likeness (QED) is 0.536. The van der Waals surface area contributed by atoms with Gasteiger partial charge in [0.25, 0.3) is 0 Å². The van der Waals surface area contributed by atoms with Gasteiger partial charge in [0.15, 0.2) is 0 Å². The lowest BCUT2D eigenvalue weighted by atomic mass is 10.1. The molecule has 0 aliphatic heterocycles. The van der Waals surface area contributed by atoms with Gasteiger partial charge in [0.05, 0.1) is 17.5 Å². The molecule has 26 heavy (non-hydrogen) atoms. The minimum atomic E-state index is 0.768. The van der Waals surface area contributed by atoms with Crippen LogP contribution in [0.1, 0.15) is 11.3 Å². The minimum Gasteiger partial charge on any atom is -0.336 e. The zero-order chi connectivity index (χ0) is 17.8. The van der Waals surface area contributed by atoms with Crippen LogP contribution in [0.25, 0.3) is 10.9 Å². The molecule has 0 unspecified atom stereocenters. The summed E-state index contributed by atoms with van der Waals surface area (Å²) < 4.78 is 2.09. The Hall–Kier alpha value is -2.63. The van der Waals surface area contributed by atoms with Crippen molar-refractivity contribution in [2.24, 2.45) is 0 Å². The number of hydrogen-bond donors (Lipinski definition) is 1. The molecule has 2 heterocycles. The van der Waals surface area contributed by atoms with Crippen LogP contribution in [0.15, 0.2) is 67.3 Å².